The average Bonchev–Trinajstić information content (AvgIpc) is 2.81. The van der Waals surface area contributed by atoms with Crippen LogP contribution in [0, 0.1) is 6.92 Å². The van der Waals surface area contributed by atoms with Gasteiger partial charge >= 0.3 is 0 Å². The second-order valence-corrected chi connectivity index (χ2v) is 3.93. The summed E-state index contributed by atoms with van der Waals surface area (Å²) in [5, 5.41) is 10.2. The Kier molecular flexibility index (Phi) is 3.25. The molecule has 2 rings (SSSR count). The van der Waals surface area contributed by atoms with Crippen molar-refractivity contribution in [3.05, 3.63) is 47.3 Å². The highest BCUT2D eigenvalue weighted by Gasteiger charge is 1.99. The zero-order valence-electron chi connectivity index (χ0n) is 9.75. The summed E-state index contributed by atoms with van der Waals surface area (Å²) < 4.78 is 0. The van der Waals surface area contributed by atoms with Gasteiger partial charge < -0.3 is 5.32 Å². The third-order valence-electron chi connectivity index (χ3n) is 2.77. The molecule has 0 aliphatic carbocycles. The Morgan fingerprint density at radius 2 is 2.19 bits per heavy atom. The first kappa shape index (κ1) is 10.7. The lowest BCUT2D eigenvalue weighted by Gasteiger charge is -2.08. The molecule has 2 aromatic rings. The van der Waals surface area contributed by atoms with Crippen molar-refractivity contribution in [1.29, 1.82) is 0 Å². The van der Waals surface area contributed by atoms with Gasteiger partial charge in [-0.2, -0.15) is 5.10 Å². The number of hydrogen-bond donors (Lipinski definition) is 2. The molecule has 0 aliphatic heterocycles. The van der Waals surface area contributed by atoms with E-state index in [1.54, 1.807) is 6.20 Å². The zero-order chi connectivity index (χ0) is 11.4. The summed E-state index contributed by atoms with van der Waals surface area (Å²) in [5.74, 6) is 0. The first-order valence-corrected chi connectivity index (χ1v) is 5.61. The van der Waals surface area contributed by atoms with E-state index >= 15 is 0 Å². The number of nitrogens with zero attached hydrogens (tertiary/aromatic N) is 1. The fraction of sp³-hybridized carbons (Fsp3) is 0.308. The quantitative estimate of drug-likeness (QED) is 0.823. The van der Waals surface area contributed by atoms with Gasteiger partial charge in [0.05, 0.1) is 12.2 Å². The van der Waals surface area contributed by atoms with Crippen molar-refractivity contribution in [2.75, 3.05) is 5.32 Å². The Bertz CT molecular complexity index is 446. The normalized spacial score (nSPS) is 10.4. The van der Waals surface area contributed by atoms with Gasteiger partial charge in [-0.15, -0.1) is 0 Å². The monoisotopic (exact) mass is 215 g/mol. The Labute approximate surface area is 95.9 Å². The topological polar surface area (TPSA) is 40.7 Å². The number of aromatic nitrogens is 2. The van der Waals surface area contributed by atoms with Gasteiger partial charge in [0.1, 0.15) is 0 Å². The van der Waals surface area contributed by atoms with Crippen LogP contribution >= 0.6 is 0 Å². The van der Waals surface area contributed by atoms with Crippen LogP contribution in [0.2, 0.25) is 0 Å². The number of H-pyrrole nitrogens is 1. The number of hydrogen-bond acceptors (Lipinski definition) is 2. The molecule has 3 nitrogen and oxygen atoms in total. The van der Waals surface area contributed by atoms with Crippen molar-refractivity contribution in [2.24, 2.45) is 0 Å². The molecule has 0 unspecified atom stereocenters. The zero-order valence-corrected chi connectivity index (χ0v) is 9.75. The van der Waals surface area contributed by atoms with Gasteiger partial charge in [-0.3, -0.25) is 5.10 Å². The molecule has 0 amide bonds. The lowest BCUT2D eigenvalue weighted by atomic mass is 10.1. The number of aromatic amines is 1. The highest BCUT2D eigenvalue weighted by molar-refractivity contribution is 5.48. The summed E-state index contributed by atoms with van der Waals surface area (Å²) in [6.45, 7) is 5.12. The minimum Gasteiger partial charge on any atom is -0.379 e. The summed E-state index contributed by atoms with van der Waals surface area (Å²) in [5.41, 5.74) is 5.01. The van der Waals surface area contributed by atoms with E-state index in [9.17, 15) is 0 Å². The van der Waals surface area contributed by atoms with Gasteiger partial charge in [0.15, 0.2) is 0 Å². The van der Waals surface area contributed by atoms with Crippen LogP contribution in [0.15, 0.2) is 30.5 Å². The fourth-order valence-electron chi connectivity index (χ4n) is 1.74. The molecule has 1 heterocycles. The van der Waals surface area contributed by atoms with E-state index in [-0.39, 0.29) is 0 Å². The lowest BCUT2D eigenvalue weighted by Crippen LogP contribution is -2.00. The smallest absolute Gasteiger partial charge is 0.0567 e. The number of rotatable bonds is 4. The van der Waals surface area contributed by atoms with Gasteiger partial charge in [-0.05, 0) is 42.7 Å². The molecule has 0 radical (unpaired) electrons. The van der Waals surface area contributed by atoms with Crippen LogP contribution < -0.4 is 5.32 Å². The number of anilines is 1. The first-order valence-electron chi connectivity index (χ1n) is 5.61. The SMILES string of the molecule is CCc1cc(NCc2ccn[nH]2)ccc1C. The Balaban J connectivity index is 2.04. The summed E-state index contributed by atoms with van der Waals surface area (Å²) in [6.07, 6.45) is 2.84. The van der Waals surface area contributed by atoms with E-state index in [4.69, 9.17) is 0 Å². The molecule has 0 fully saturated rings. The third kappa shape index (κ3) is 2.42. The summed E-state index contributed by atoms with van der Waals surface area (Å²) in [6, 6.07) is 8.46. The molecule has 3 heteroatoms. The van der Waals surface area contributed by atoms with Gasteiger partial charge in [0, 0.05) is 11.9 Å². The van der Waals surface area contributed by atoms with Crippen LogP contribution in [0.3, 0.4) is 0 Å². The van der Waals surface area contributed by atoms with Crippen LogP contribution in [0.1, 0.15) is 23.7 Å². The second-order valence-electron chi connectivity index (χ2n) is 3.93. The maximum Gasteiger partial charge on any atom is 0.0567 e. The summed E-state index contributed by atoms with van der Waals surface area (Å²) >= 11 is 0. The van der Waals surface area contributed by atoms with Crippen molar-refractivity contribution in [3.8, 4) is 0 Å². The molecule has 0 aliphatic rings. The molecule has 2 N–H and O–H groups in total. The third-order valence-corrected chi connectivity index (χ3v) is 2.77. The number of nitrogens with one attached hydrogen (secondary N) is 2. The average molecular weight is 215 g/mol. The van der Waals surface area contributed by atoms with Crippen LogP contribution in [-0.4, -0.2) is 10.2 Å². The highest BCUT2D eigenvalue weighted by atomic mass is 15.1. The molecule has 0 spiro atoms. The van der Waals surface area contributed by atoms with Gasteiger partial charge in [0.2, 0.25) is 0 Å². The maximum atomic E-state index is 3.92. The van der Waals surface area contributed by atoms with Crippen LogP contribution in [0.25, 0.3) is 0 Å². The molecule has 1 aromatic carbocycles. The van der Waals surface area contributed by atoms with Crippen molar-refractivity contribution in [2.45, 2.75) is 26.8 Å². The van der Waals surface area contributed by atoms with Gasteiger partial charge in [-0.1, -0.05) is 13.0 Å². The van der Waals surface area contributed by atoms with E-state index in [2.05, 4.69) is 47.6 Å². The van der Waals surface area contributed by atoms with Crippen LogP contribution in [-0.2, 0) is 13.0 Å². The molecule has 0 bridgehead atoms. The predicted octanol–water partition coefficient (Wildman–Crippen LogP) is 2.89. The van der Waals surface area contributed by atoms with Crippen molar-refractivity contribution < 1.29 is 0 Å². The summed E-state index contributed by atoms with van der Waals surface area (Å²) in [7, 11) is 0. The minimum absolute atomic E-state index is 0.784. The maximum absolute atomic E-state index is 3.92. The predicted molar refractivity (Wildman–Crippen MR) is 66.5 cm³/mol. The molecule has 1 aromatic heterocycles. The van der Waals surface area contributed by atoms with E-state index in [0.29, 0.717) is 0 Å². The molecule has 0 saturated heterocycles. The van der Waals surface area contributed by atoms with E-state index in [1.165, 1.54) is 11.1 Å². The molecule has 16 heavy (non-hydrogen) atoms. The van der Waals surface area contributed by atoms with E-state index in [0.717, 1.165) is 24.3 Å². The Morgan fingerprint density at radius 1 is 1.31 bits per heavy atom. The van der Waals surface area contributed by atoms with Crippen molar-refractivity contribution >= 4 is 5.69 Å². The van der Waals surface area contributed by atoms with Gasteiger partial charge in [-0.25, -0.2) is 0 Å². The Morgan fingerprint density at radius 3 is 2.88 bits per heavy atom. The highest BCUT2D eigenvalue weighted by Crippen LogP contribution is 2.16. The van der Waals surface area contributed by atoms with E-state index < -0.39 is 0 Å². The number of aryl methyl sites for hydroxylation is 2. The molecule has 0 saturated carbocycles. The molecule has 84 valence electrons. The van der Waals surface area contributed by atoms with Crippen LogP contribution in [0.4, 0.5) is 5.69 Å². The first-order chi connectivity index (χ1) is 7.79. The number of benzene rings is 1. The standard InChI is InChI=1S/C13H17N3/c1-3-11-8-12(5-4-10(11)2)14-9-13-6-7-15-16-13/h4-8,14H,3,9H2,1-2H3,(H,15,16). The van der Waals surface area contributed by atoms with Gasteiger partial charge in [0.25, 0.3) is 0 Å². The van der Waals surface area contributed by atoms with Crippen molar-refractivity contribution in [3.63, 3.8) is 0 Å². The second kappa shape index (κ2) is 4.84. The molecular formula is C13H17N3. The minimum atomic E-state index is 0.784. The van der Waals surface area contributed by atoms with Crippen LogP contribution in [0.5, 0.6) is 0 Å². The lowest BCUT2D eigenvalue weighted by molar-refractivity contribution is 0.980. The Hall–Kier alpha value is -1.77. The fourth-order valence-corrected chi connectivity index (χ4v) is 1.74. The van der Waals surface area contributed by atoms with E-state index in [1.807, 2.05) is 6.07 Å². The molecular weight excluding hydrogens is 198 g/mol. The largest absolute Gasteiger partial charge is 0.379 e. The van der Waals surface area contributed by atoms with Crippen molar-refractivity contribution in [1.82, 2.24) is 10.2 Å². The molecule has 0 atom stereocenters. The summed E-state index contributed by atoms with van der Waals surface area (Å²) in [4.78, 5) is 0.